The molecule has 1 saturated carbocycles. The first-order valence-corrected chi connectivity index (χ1v) is 10.9. The SMILES string of the molecule is COC(=O)[C@H]1C[C@@H]2OC(N(C)C)=N[C@@H]2[C@@H](OCc2ccccc2)[C@@H]1OCc1ccccc1. The molecule has 2 aromatic carbocycles. The lowest BCUT2D eigenvalue weighted by atomic mass is 9.79. The second kappa shape index (κ2) is 10.1. The average Bonchev–Trinajstić information content (AvgIpc) is 3.26. The lowest BCUT2D eigenvalue weighted by molar-refractivity contribution is -0.178. The lowest BCUT2D eigenvalue weighted by Crippen LogP contribution is -2.56. The van der Waals surface area contributed by atoms with Gasteiger partial charge in [0.1, 0.15) is 18.2 Å². The molecular formula is C25H30N2O5. The van der Waals surface area contributed by atoms with Crippen molar-refractivity contribution in [1.82, 2.24) is 4.90 Å². The smallest absolute Gasteiger partial charge is 0.311 e. The van der Waals surface area contributed by atoms with E-state index in [1.54, 1.807) is 0 Å². The minimum Gasteiger partial charge on any atom is -0.469 e. The van der Waals surface area contributed by atoms with Gasteiger partial charge < -0.3 is 23.8 Å². The van der Waals surface area contributed by atoms with Gasteiger partial charge in [0.05, 0.1) is 32.3 Å². The number of hydrogen-bond acceptors (Lipinski definition) is 7. The first-order chi connectivity index (χ1) is 15.6. The Balaban J connectivity index is 1.61. The molecule has 0 radical (unpaired) electrons. The van der Waals surface area contributed by atoms with E-state index < -0.39 is 18.1 Å². The van der Waals surface area contributed by atoms with Gasteiger partial charge in [0.2, 0.25) is 0 Å². The number of methoxy groups -OCH3 is 1. The number of hydrogen-bond donors (Lipinski definition) is 0. The summed E-state index contributed by atoms with van der Waals surface area (Å²) in [7, 11) is 5.17. The molecule has 0 spiro atoms. The van der Waals surface area contributed by atoms with E-state index in [1.165, 1.54) is 7.11 Å². The Hall–Kier alpha value is -2.90. The molecule has 0 N–H and O–H groups in total. The summed E-state index contributed by atoms with van der Waals surface area (Å²) in [6.45, 7) is 0.757. The number of carbonyl (C=O) groups is 1. The summed E-state index contributed by atoms with van der Waals surface area (Å²) >= 11 is 0. The maximum Gasteiger partial charge on any atom is 0.311 e. The fraction of sp³-hybridized carbons (Fsp3) is 0.440. The normalized spacial score (nSPS) is 26.6. The molecule has 2 aromatic rings. The predicted octanol–water partition coefficient (Wildman–Crippen LogP) is 3.04. The monoisotopic (exact) mass is 438 g/mol. The molecular weight excluding hydrogens is 408 g/mol. The van der Waals surface area contributed by atoms with Crippen LogP contribution in [0.2, 0.25) is 0 Å². The number of benzene rings is 2. The highest BCUT2D eigenvalue weighted by atomic mass is 16.6. The van der Waals surface area contributed by atoms with Crippen molar-refractivity contribution in [1.29, 1.82) is 0 Å². The maximum atomic E-state index is 12.8. The van der Waals surface area contributed by atoms with Crippen LogP contribution < -0.4 is 0 Å². The van der Waals surface area contributed by atoms with Crippen LogP contribution in [0.1, 0.15) is 17.5 Å². The molecule has 1 aliphatic heterocycles. The molecule has 1 aliphatic carbocycles. The second-order valence-electron chi connectivity index (χ2n) is 8.34. The van der Waals surface area contributed by atoms with Crippen molar-refractivity contribution < 1.29 is 23.7 Å². The van der Waals surface area contributed by atoms with E-state index in [1.807, 2.05) is 79.7 Å². The van der Waals surface area contributed by atoms with Crippen molar-refractivity contribution in [2.45, 2.75) is 44.0 Å². The fourth-order valence-corrected chi connectivity index (χ4v) is 4.27. The van der Waals surface area contributed by atoms with Crippen molar-refractivity contribution >= 4 is 12.0 Å². The molecule has 5 atom stereocenters. The van der Waals surface area contributed by atoms with E-state index in [-0.39, 0.29) is 18.1 Å². The number of aliphatic imine (C=N–C) groups is 1. The van der Waals surface area contributed by atoms with Gasteiger partial charge >= 0.3 is 5.97 Å². The standard InChI is InChI=1S/C25H30N2O5/c1-27(2)25-26-21-20(32-25)14-19(24(28)29-3)22(30-15-17-10-6-4-7-11-17)23(21)31-16-18-12-8-5-9-13-18/h4-13,19-23H,14-16H2,1-3H3/t19-,20-,21-,22+,23+/m0/s1. The highest BCUT2D eigenvalue weighted by Gasteiger charge is 2.53. The molecule has 1 fully saturated rings. The summed E-state index contributed by atoms with van der Waals surface area (Å²) in [5, 5.41) is 0. The Morgan fingerprint density at radius 1 is 0.969 bits per heavy atom. The van der Waals surface area contributed by atoms with Gasteiger partial charge in [-0.3, -0.25) is 4.79 Å². The number of nitrogens with zero attached hydrogens (tertiary/aromatic N) is 2. The zero-order valence-corrected chi connectivity index (χ0v) is 18.7. The quantitative estimate of drug-likeness (QED) is 0.619. The Kier molecular flexibility index (Phi) is 7.07. The summed E-state index contributed by atoms with van der Waals surface area (Å²) in [6.07, 6.45) is -0.780. The molecule has 7 heteroatoms. The van der Waals surface area contributed by atoms with Crippen LogP contribution in [-0.4, -0.2) is 62.4 Å². The highest BCUT2D eigenvalue weighted by Crippen LogP contribution is 2.38. The summed E-state index contributed by atoms with van der Waals surface area (Å²) in [5.41, 5.74) is 2.07. The van der Waals surface area contributed by atoms with Gasteiger partial charge in [-0.2, -0.15) is 0 Å². The number of fused-ring (bicyclic) bond motifs is 1. The van der Waals surface area contributed by atoms with Crippen molar-refractivity contribution in [2.75, 3.05) is 21.2 Å². The first kappa shape index (κ1) is 22.3. The summed E-state index contributed by atoms with van der Waals surface area (Å²) < 4.78 is 23.9. The third-order valence-electron chi connectivity index (χ3n) is 5.90. The summed E-state index contributed by atoms with van der Waals surface area (Å²) in [6, 6.07) is 20.1. The minimum absolute atomic E-state index is 0.266. The molecule has 1 heterocycles. The number of esters is 1. The van der Waals surface area contributed by atoms with Gasteiger partial charge in [-0.15, -0.1) is 0 Å². The Bertz CT molecular complexity index is 918. The van der Waals surface area contributed by atoms with E-state index in [9.17, 15) is 4.79 Å². The third kappa shape index (κ3) is 4.95. The molecule has 4 rings (SSSR count). The van der Waals surface area contributed by atoms with Crippen LogP contribution in [0.5, 0.6) is 0 Å². The van der Waals surface area contributed by atoms with Crippen LogP contribution in [0.25, 0.3) is 0 Å². The Labute approximate surface area is 188 Å². The van der Waals surface area contributed by atoms with E-state index in [0.29, 0.717) is 25.7 Å². The average molecular weight is 439 g/mol. The van der Waals surface area contributed by atoms with Crippen LogP contribution in [0, 0.1) is 5.92 Å². The van der Waals surface area contributed by atoms with Crippen molar-refractivity contribution in [3.8, 4) is 0 Å². The van der Waals surface area contributed by atoms with Gasteiger partial charge in [-0.05, 0) is 11.1 Å². The number of rotatable bonds is 7. The molecule has 0 aromatic heterocycles. The lowest BCUT2D eigenvalue weighted by Gasteiger charge is -2.41. The fourth-order valence-electron chi connectivity index (χ4n) is 4.27. The summed E-state index contributed by atoms with van der Waals surface area (Å²) in [4.78, 5) is 19.4. The van der Waals surface area contributed by atoms with Crippen LogP contribution in [0.15, 0.2) is 65.7 Å². The topological polar surface area (TPSA) is 69.6 Å². The second-order valence-corrected chi connectivity index (χ2v) is 8.34. The Morgan fingerprint density at radius 2 is 1.53 bits per heavy atom. The van der Waals surface area contributed by atoms with Crippen molar-refractivity contribution in [3.63, 3.8) is 0 Å². The van der Waals surface area contributed by atoms with E-state index >= 15 is 0 Å². The zero-order valence-electron chi connectivity index (χ0n) is 18.7. The van der Waals surface area contributed by atoms with Crippen LogP contribution in [0.3, 0.4) is 0 Å². The number of carbonyl (C=O) groups excluding carboxylic acids is 1. The van der Waals surface area contributed by atoms with Gasteiger partial charge in [-0.1, -0.05) is 60.7 Å². The molecule has 32 heavy (non-hydrogen) atoms. The molecule has 0 amide bonds. The number of amidine groups is 1. The molecule has 170 valence electrons. The largest absolute Gasteiger partial charge is 0.469 e. The number of ether oxygens (including phenoxy) is 4. The predicted molar refractivity (Wildman–Crippen MR) is 120 cm³/mol. The van der Waals surface area contributed by atoms with Gasteiger partial charge in [0.15, 0.2) is 0 Å². The van der Waals surface area contributed by atoms with Crippen molar-refractivity contribution in [2.24, 2.45) is 10.9 Å². The van der Waals surface area contributed by atoms with E-state index in [4.69, 9.17) is 23.9 Å². The van der Waals surface area contributed by atoms with Crippen LogP contribution in [-0.2, 0) is 37.0 Å². The van der Waals surface area contributed by atoms with Gasteiger partial charge in [0, 0.05) is 20.5 Å². The van der Waals surface area contributed by atoms with Crippen molar-refractivity contribution in [3.05, 3.63) is 71.8 Å². The molecule has 0 unspecified atom stereocenters. The van der Waals surface area contributed by atoms with Crippen LogP contribution in [0.4, 0.5) is 0 Å². The minimum atomic E-state index is -0.513. The third-order valence-corrected chi connectivity index (χ3v) is 5.90. The van der Waals surface area contributed by atoms with Gasteiger partial charge in [-0.25, -0.2) is 4.99 Å². The summed E-state index contributed by atoms with van der Waals surface area (Å²) in [5.74, 6) is -0.834. The highest BCUT2D eigenvalue weighted by molar-refractivity contribution is 5.77. The molecule has 2 aliphatic rings. The molecule has 0 saturated heterocycles. The van der Waals surface area contributed by atoms with E-state index in [0.717, 1.165) is 11.1 Å². The molecule has 7 nitrogen and oxygen atoms in total. The van der Waals surface area contributed by atoms with Crippen LogP contribution >= 0.6 is 0 Å². The first-order valence-electron chi connectivity index (χ1n) is 10.9. The zero-order chi connectivity index (χ0) is 22.5. The Morgan fingerprint density at radius 3 is 2.06 bits per heavy atom. The molecule has 0 bridgehead atoms. The van der Waals surface area contributed by atoms with Gasteiger partial charge in [0.25, 0.3) is 6.02 Å². The van der Waals surface area contributed by atoms with E-state index in [2.05, 4.69) is 0 Å². The maximum absolute atomic E-state index is 12.8.